The van der Waals surface area contributed by atoms with Crippen molar-refractivity contribution in [1.82, 2.24) is 19.4 Å². The lowest BCUT2D eigenvalue weighted by Gasteiger charge is -2.22. The van der Waals surface area contributed by atoms with Crippen LogP contribution < -0.4 is 10.9 Å². The monoisotopic (exact) mass is 455 g/mol. The minimum Gasteiger partial charge on any atom is -0.336 e. The topological polar surface area (TPSA) is 66.1 Å². The van der Waals surface area contributed by atoms with E-state index < -0.39 is 0 Å². The van der Waals surface area contributed by atoms with Crippen LogP contribution in [0.2, 0.25) is 0 Å². The number of nitrogens with zero attached hydrogens (tertiary/aromatic N) is 3. The number of nitrogens with one attached hydrogen (secondary N) is 2. The van der Waals surface area contributed by atoms with Crippen molar-refractivity contribution in [3.63, 3.8) is 0 Å². The predicted molar refractivity (Wildman–Crippen MR) is 137 cm³/mol. The van der Waals surface area contributed by atoms with Gasteiger partial charge in [-0.25, -0.2) is 4.79 Å². The van der Waals surface area contributed by atoms with Crippen LogP contribution in [-0.4, -0.2) is 40.7 Å². The molecule has 1 atom stereocenters. The standard InChI is InChI=1S/C28H33N5O/c1-20-9-13-22(14-10-20)17-24(18-30-28(34)31(3)4)33-26-8-6-5-7-25(26)32(27(33)29)19-23-15-11-21(2)12-16-23/h5-16,24,29H,17-19H2,1-4H3,(H,30,34). The molecule has 2 N–H and O–H groups in total. The number of aromatic nitrogens is 2. The molecule has 4 aromatic rings. The van der Waals surface area contributed by atoms with Crippen molar-refractivity contribution in [3.05, 3.63) is 101 Å². The molecular formula is C28H33N5O. The molecule has 176 valence electrons. The third-order valence-electron chi connectivity index (χ3n) is 6.23. The fourth-order valence-electron chi connectivity index (χ4n) is 4.27. The van der Waals surface area contributed by atoms with Crippen LogP contribution in [0.5, 0.6) is 0 Å². The van der Waals surface area contributed by atoms with Gasteiger partial charge in [0.2, 0.25) is 5.62 Å². The van der Waals surface area contributed by atoms with E-state index in [1.54, 1.807) is 14.1 Å². The van der Waals surface area contributed by atoms with Crippen molar-refractivity contribution < 1.29 is 4.79 Å². The molecule has 0 aliphatic rings. The number of carbonyl (C=O) groups excluding carboxylic acids is 1. The van der Waals surface area contributed by atoms with E-state index in [4.69, 9.17) is 5.41 Å². The zero-order chi connectivity index (χ0) is 24.2. The van der Waals surface area contributed by atoms with Crippen molar-refractivity contribution >= 4 is 17.1 Å². The van der Waals surface area contributed by atoms with Crippen LogP contribution in [0.15, 0.2) is 72.8 Å². The SMILES string of the molecule is Cc1ccc(CC(CNC(=O)N(C)C)n2c(=N)n(Cc3ccc(C)cc3)c3ccccc32)cc1. The zero-order valence-corrected chi connectivity index (χ0v) is 20.4. The number of aryl methyl sites for hydroxylation is 2. The highest BCUT2D eigenvalue weighted by atomic mass is 16.2. The minimum atomic E-state index is -0.135. The molecular weight excluding hydrogens is 422 g/mol. The lowest BCUT2D eigenvalue weighted by molar-refractivity contribution is 0.215. The predicted octanol–water partition coefficient (Wildman–Crippen LogP) is 4.64. The maximum atomic E-state index is 12.4. The number of amides is 2. The third kappa shape index (κ3) is 5.06. The quantitative estimate of drug-likeness (QED) is 0.419. The first-order chi connectivity index (χ1) is 16.3. The summed E-state index contributed by atoms with van der Waals surface area (Å²) in [6.45, 7) is 5.21. The van der Waals surface area contributed by atoms with Gasteiger partial charge in [0, 0.05) is 20.6 Å². The van der Waals surface area contributed by atoms with E-state index >= 15 is 0 Å². The molecule has 0 fully saturated rings. The van der Waals surface area contributed by atoms with Crippen molar-refractivity contribution in [1.29, 1.82) is 5.41 Å². The normalized spacial score (nSPS) is 12.0. The maximum Gasteiger partial charge on any atom is 0.316 e. The Morgan fingerprint density at radius 1 is 0.882 bits per heavy atom. The first-order valence-electron chi connectivity index (χ1n) is 11.6. The highest BCUT2D eigenvalue weighted by Gasteiger charge is 2.20. The van der Waals surface area contributed by atoms with Gasteiger partial charge in [-0.05, 0) is 43.5 Å². The lowest BCUT2D eigenvalue weighted by atomic mass is 10.0. The van der Waals surface area contributed by atoms with E-state index in [-0.39, 0.29) is 12.1 Å². The summed E-state index contributed by atoms with van der Waals surface area (Å²) in [5, 5.41) is 12.2. The number of imidazole rings is 1. The lowest BCUT2D eigenvalue weighted by Crippen LogP contribution is -2.40. The highest BCUT2D eigenvalue weighted by molar-refractivity contribution is 5.76. The highest BCUT2D eigenvalue weighted by Crippen LogP contribution is 2.21. The van der Waals surface area contributed by atoms with Gasteiger partial charge in [-0.3, -0.25) is 5.41 Å². The van der Waals surface area contributed by atoms with E-state index in [1.807, 2.05) is 12.1 Å². The average molecular weight is 456 g/mol. The Bertz CT molecular complexity index is 1330. The van der Waals surface area contributed by atoms with Gasteiger partial charge in [-0.15, -0.1) is 0 Å². The van der Waals surface area contributed by atoms with Crippen molar-refractivity contribution in [2.45, 2.75) is 32.9 Å². The molecule has 1 aromatic heterocycles. The van der Waals surface area contributed by atoms with Crippen LogP contribution in [-0.2, 0) is 13.0 Å². The molecule has 0 aliphatic heterocycles. The summed E-state index contributed by atoms with van der Waals surface area (Å²) in [5.41, 5.74) is 7.21. The number of rotatable bonds is 7. The Labute approximate surface area is 201 Å². The molecule has 6 nitrogen and oxygen atoms in total. The van der Waals surface area contributed by atoms with Gasteiger partial charge in [-0.2, -0.15) is 0 Å². The molecule has 3 aromatic carbocycles. The summed E-state index contributed by atoms with van der Waals surface area (Å²) < 4.78 is 4.12. The fraction of sp³-hybridized carbons (Fsp3) is 0.286. The van der Waals surface area contributed by atoms with Gasteiger partial charge >= 0.3 is 6.03 Å². The molecule has 0 saturated heterocycles. The second-order valence-electron chi connectivity index (χ2n) is 9.18. The van der Waals surface area contributed by atoms with Gasteiger partial charge in [0.15, 0.2) is 0 Å². The van der Waals surface area contributed by atoms with Crippen molar-refractivity contribution in [2.75, 3.05) is 20.6 Å². The Morgan fingerprint density at radius 3 is 2.03 bits per heavy atom. The second kappa shape index (κ2) is 10.00. The molecule has 6 heteroatoms. The Hall–Kier alpha value is -3.80. The van der Waals surface area contributed by atoms with Crippen molar-refractivity contribution in [2.24, 2.45) is 0 Å². The van der Waals surface area contributed by atoms with Crippen LogP contribution in [0.1, 0.15) is 28.3 Å². The molecule has 34 heavy (non-hydrogen) atoms. The Balaban J connectivity index is 1.77. The molecule has 2 amide bonds. The van der Waals surface area contributed by atoms with Gasteiger partial charge in [-0.1, -0.05) is 71.8 Å². The molecule has 4 rings (SSSR count). The summed E-state index contributed by atoms with van der Waals surface area (Å²) >= 11 is 0. The fourth-order valence-corrected chi connectivity index (χ4v) is 4.27. The van der Waals surface area contributed by atoms with Crippen LogP contribution in [0, 0.1) is 19.3 Å². The largest absolute Gasteiger partial charge is 0.336 e. The summed E-state index contributed by atoms with van der Waals surface area (Å²) in [7, 11) is 3.47. The number of benzene rings is 3. The average Bonchev–Trinajstić information content (AvgIpc) is 3.10. The molecule has 0 saturated carbocycles. The number of para-hydroxylation sites is 2. The van der Waals surface area contributed by atoms with E-state index in [9.17, 15) is 4.79 Å². The second-order valence-corrected chi connectivity index (χ2v) is 9.18. The van der Waals surface area contributed by atoms with Gasteiger partial charge in [0.1, 0.15) is 0 Å². The first kappa shape index (κ1) is 23.4. The molecule has 0 spiro atoms. The maximum absolute atomic E-state index is 12.4. The van der Waals surface area contributed by atoms with Crippen molar-refractivity contribution in [3.8, 4) is 0 Å². The van der Waals surface area contributed by atoms with E-state index in [2.05, 4.69) is 89.0 Å². The number of hydrogen-bond acceptors (Lipinski definition) is 2. The van der Waals surface area contributed by atoms with Crippen LogP contribution >= 0.6 is 0 Å². The van der Waals surface area contributed by atoms with Crippen LogP contribution in [0.3, 0.4) is 0 Å². The van der Waals surface area contributed by atoms with Gasteiger partial charge in [0.25, 0.3) is 0 Å². The number of hydrogen-bond donors (Lipinski definition) is 2. The Morgan fingerprint density at radius 2 is 1.44 bits per heavy atom. The van der Waals surface area contributed by atoms with Gasteiger partial charge < -0.3 is 19.4 Å². The minimum absolute atomic E-state index is 0.108. The number of fused-ring (bicyclic) bond motifs is 1. The number of urea groups is 1. The molecule has 1 heterocycles. The molecule has 0 radical (unpaired) electrons. The van der Waals surface area contributed by atoms with Gasteiger partial charge in [0.05, 0.1) is 23.6 Å². The van der Waals surface area contributed by atoms with Crippen LogP contribution in [0.4, 0.5) is 4.79 Å². The third-order valence-corrected chi connectivity index (χ3v) is 6.23. The van der Waals surface area contributed by atoms with Crippen LogP contribution in [0.25, 0.3) is 11.0 Å². The summed E-state index contributed by atoms with van der Waals surface area (Å²) in [6.07, 6.45) is 0.711. The van der Waals surface area contributed by atoms with E-state index in [0.717, 1.165) is 16.6 Å². The first-order valence-corrected chi connectivity index (χ1v) is 11.6. The van der Waals surface area contributed by atoms with E-state index in [0.29, 0.717) is 25.1 Å². The van der Waals surface area contributed by atoms with E-state index in [1.165, 1.54) is 21.6 Å². The molecule has 1 unspecified atom stereocenters. The summed E-state index contributed by atoms with van der Waals surface area (Å²) in [4.78, 5) is 13.9. The summed E-state index contributed by atoms with van der Waals surface area (Å²) in [5.74, 6) is 0. The summed E-state index contributed by atoms with van der Waals surface area (Å²) in [6, 6.07) is 24.8. The molecule has 0 aliphatic carbocycles. The number of carbonyl (C=O) groups is 1. The zero-order valence-electron chi connectivity index (χ0n) is 20.4. The Kier molecular flexibility index (Phi) is 6.87. The molecule has 0 bridgehead atoms. The smallest absolute Gasteiger partial charge is 0.316 e.